The highest BCUT2D eigenvalue weighted by atomic mass is 16.2. The zero-order valence-electron chi connectivity index (χ0n) is 15.2. The van der Waals surface area contributed by atoms with Crippen molar-refractivity contribution in [3.63, 3.8) is 0 Å². The number of nitrogens with one attached hydrogen (secondary N) is 3. The van der Waals surface area contributed by atoms with Crippen molar-refractivity contribution < 1.29 is 19.2 Å². The van der Waals surface area contributed by atoms with Gasteiger partial charge in [0.15, 0.2) is 0 Å². The van der Waals surface area contributed by atoms with Gasteiger partial charge in [0.05, 0.1) is 0 Å². The van der Waals surface area contributed by atoms with Crippen LogP contribution in [0.15, 0.2) is 0 Å². The van der Waals surface area contributed by atoms with Crippen LogP contribution in [0.25, 0.3) is 0 Å². The first-order valence-corrected chi connectivity index (χ1v) is 9.00. The van der Waals surface area contributed by atoms with E-state index in [-0.39, 0.29) is 18.4 Å². The Hall–Kier alpha value is -2.12. The van der Waals surface area contributed by atoms with Gasteiger partial charge in [-0.05, 0) is 44.9 Å². The highest BCUT2D eigenvalue weighted by Crippen LogP contribution is 2.36. The largest absolute Gasteiger partial charge is 0.354 e. The normalized spacial score (nSPS) is 27.2. The molecule has 25 heavy (non-hydrogen) atoms. The number of imide groups is 1. The van der Waals surface area contributed by atoms with E-state index in [2.05, 4.69) is 22.9 Å². The van der Waals surface area contributed by atoms with Crippen LogP contribution in [0.1, 0.15) is 52.9 Å². The van der Waals surface area contributed by atoms with Crippen LogP contribution in [-0.2, 0) is 14.4 Å². The van der Waals surface area contributed by atoms with Crippen molar-refractivity contribution in [2.45, 2.75) is 64.5 Å². The Morgan fingerprint density at radius 2 is 1.96 bits per heavy atom. The van der Waals surface area contributed by atoms with E-state index in [0.29, 0.717) is 25.3 Å². The SMILES string of the molecule is CCCNC(=O)[C@H](C)NC(=O)CN1C(=O)NC2(CCC(C)CC2)C1=O. The molecule has 3 N–H and O–H groups in total. The second-order valence-corrected chi connectivity index (χ2v) is 7.17. The zero-order chi connectivity index (χ0) is 18.6. The number of carbonyl (C=O) groups excluding carboxylic acids is 4. The lowest BCUT2D eigenvalue weighted by molar-refractivity contribution is -0.136. The van der Waals surface area contributed by atoms with Gasteiger partial charge in [0.25, 0.3) is 5.91 Å². The van der Waals surface area contributed by atoms with Crippen molar-refractivity contribution in [1.29, 1.82) is 0 Å². The maximum absolute atomic E-state index is 12.7. The first-order chi connectivity index (χ1) is 11.8. The molecular formula is C17H28N4O4. The Bertz CT molecular complexity index is 555. The fourth-order valence-electron chi connectivity index (χ4n) is 3.31. The quantitative estimate of drug-likeness (QED) is 0.606. The molecule has 8 heteroatoms. The number of urea groups is 1. The van der Waals surface area contributed by atoms with E-state index >= 15 is 0 Å². The number of carbonyl (C=O) groups is 4. The smallest absolute Gasteiger partial charge is 0.325 e. The number of nitrogens with zero attached hydrogens (tertiary/aromatic N) is 1. The molecule has 1 aliphatic heterocycles. The van der Waals surface area contributed by atoms with Gasteiger partial charge < -0.3 is 16.0 Å². The van der Waals surface area contributed by atoms with Crippen molar-refractivity contribution in [3.05, 3.63) is 0 Å². The second-order valence-electron chi connectivity index (χ2n) is 7.17. The maximum Gasteiger partial charge on any atom is 0.325 e. The molecule has 0 aromatic carbocycles. The van der Waals surface area contributed by atoms with E-state index in [9.17, 15) is 19.2 Å². The predicted octanol–water partition coefficient (Wildman–Crippen LogP) is 0.518. The lowest BCUT2D eigenvalue weighted by atomic mass is 9.77. The van der Waals surface area contributed by atoms with Crippen molar-refractivity contribution in [2.24, 2.45) is 5.92 Å². The van der Waals surface area contributed by atoms with Gasteiger partial charge in [0, 0.05) is 6.54 Å². The van der Waals surface area contributed by atoms with Gasteiger partial charge in [-0.15, -0.1) is 0 Å². The molecule has 0 aromatic heterocycles. The molecule has 0 radical (unpaired) electrons. The minimum Gasteiger partial charge on any atom is -0.354 e. The summed E-state index contributed by atoms with van der Waals surface area (Å²) in [5.74, 6) is -0.605. The maximum atomic E-state index is 12.7. The van der Waals surface area contributed by atoms with E-state index in [1.165, 1.54) is 0 Å². The van der Waals surface area contributed by atoms with Crippen LogP contribution in [0, 0.1) is 5.92 Å². The zero-order valence-corrected chi connectivity index (χ0v) is 15.2. The molecule has 1 heterocycles. The van der Waals surface area contributed by atoms with Crippen molar-refractivity contribution in [1.82, 2.24) is 20.9 Å². The number of amides is 5. The minimum absolute atomic E-state index is 0.287. The summed E-state index contributed by atoms with van der Waals surface area (Å²) in [5.41, 5.74) is -0.853. The number of hydrogen-bond acceptors (Lipinski definition) is 4. The molecule has 8 nitrogen and oxygen atoms in total. The average molecular weight is 352 g/mol. The third kappa shape index (κ3) is 4.29. The third-order valence-corrected chi connectivity index (χ3v) is 5.00. The third-order valence-electron chi connectivity index (χ3n) is 5.00. The van der Waals surface area contributed by atoms with Gasteiger partial charge in [-0.2, -0.15) is 0 Å². The van der Waals surface area contributed by atoms with Crippen molar-refractivity contribution in [2.75, 3.05) is 13.1 Å². The van der Waals surface area contributed by atoms with Crippen LogP contribution in [0.5, 0.6) is 0 Å². The lowest BCUT2D eigenvalue weighted by Gasteiger charge is -2.33. The number of hydrogen-bond donors (Lipinski definition) is 3. The van der Waals surface area contributed by atoms with Crippen molar-refractivity contribution >= 4 is 23.8 Å². The van der Waals surface area contributed by atoms with Crippen molar-refractivity contribution in [3.8, 4) is 0 Å². The van der Waals surface area contributed by atoms with Gasteiger partial charge in [0.1, 0.15) is 18.1 Å². The standard InChI is InChI=1S/C17H28N4O4/c1-4-9-18-14(23)12(3)19-13(22)10-21-15(24)17(20-16(21)25)7-5-11(2)6-8-17/h11-12H,4-10H2,1-3H3,(H,18,23)(H,19,22)(H,20,25)/t11?,12-,17?/m0/s1. The van der Waals surface area contributed by atoms with Crippen LogP contribution in [0.3, 0.4) is 0 Å². The van der Waals surface area contributed by atoms with Gasteiger partial charge >= 0.3 is 6.03 Å². The molecule has 1 atom stereocenters. The fourth-order valence-corrected chi connectivity index (χ4v) is 3.31. The first-order valence-electron chi connectivity index (χ1n) is 9.00. The first kappa shape index (κ1) is 19.2. The molecule has 1 aliphatic carbocycles. The predicted molar refractivity (Wildman–Crippen MR) is 91.5 cm³/mol. The molecular weight excluding hydrogens is 324 g/mol. The summed E-state index contributed by atoms with van der Waals surface area (Å²) in [7, 11) is 0. The Morgan fingerprint density at radius 3 is 2.56 bits per heavy atom. The molecule has 140 valence electrons. The Morgan fingerprint density at radius 1 is 1.32 bits per heavy atom. The fraction of sp³-hybridized carbons (Fsp3) is 0.765. The summed E-state index contributed by atoms with van der Waals surface area (Å²) in [6.45, 7) is 5.80. The van der Waals surface area contributed by atoms with Crippen LogP contribution in [0.2, 0.25) is 0 Å². The van der Waals surface area contributed by atoms with E-state index in [0.717, 1.165) is 24.2 Å². The van der Waals surface area contributed by atoms with E-state index < -0.39 is 23.5 Å². The van der Waals surface area contributed by atoms with E-state index in [1.54, 1.807) is 6.92 Å². The summed E-state index contributed by atoms with van der Waals surface area (Å²) < 4.78 is 0. The molecule has 1 spiro atoms. The van der Waals surface area contributed by atoms with Crippen LogP contribution >= 0.6 is 0 Å². The van der Waals surface area contributed by atoms with Crippen LogP contribution in [-0.4, -0.2) is 53.3 Å². The topological polar surface area (TPSA) is 108 Å². The van der Waals surface area contributed by atoms with Gasteiger partial charge in [-0.1, -0.05) is 13.8 Å². The molecule has 2 aliphatic rings. The molecule has 2 rings (SSSR count). The Balaban J connectivity index is 1.91. The van der Waals surface area contributed by atoms with Crippen LogP contribution in [0.4, 0.5) is 4.79 Å². The Labute approximate surface area is 148 Å². The summed E-state index contributed by atoms with van der Waals surface area (Å²) in [4.78, 5) is 49.7. The summed E-state index contributed by atoms with van der Waals surface area (Å²) in [6.07, 6.45) is 3.76. The highest BCUT2D eigenvalue weighted by Gasteiger charge is 2.52. The van der Waals surface area contributed by atoms with Gasteiger partial charge in [0.2, 0.25) is 11.8 Å². The number of rotatable bonds is 6. The monoisotopic (exact) mass is 352 g/mol. The molecule has 1 saturated heterocycles. The molecule has 0 unspecified atom stereocenters. The van der Waals surface area contributed by atoms with E-state index in [4.69, 9.17) is 0 Å². The van der Waals surface area contributed by atoms with Crippen LogP contribution < -0.4 is 16.0 Å². The summed E-state index contributed by atoms with van der Waals surface area (Å²) >= 11 is 0. The molecule has 1 saturated carbocycles. The second kappa shape index (κ2) is 7.84. The van der Waals surface area contributed by atoms with Gasteiger partial charge in [-0.3, -0.25) is 19.3 Å². The summed E-state index contributed by atoms with van der Waals surface area (Å²) in [5, 5.41) is 7.99. The summed E-state index contributed by atoms with van der Waals surface area (Å²) in [6, 6.07) is -1.25. The van der Waals surface area contributed by atoms with Gasteiger partial charge in [-0.25, -0.2) is 4.79 Å². The van der Waals surface area contributed by atoms with E-state index in [1.807, 2.05) is 6.92 Å². The minimum atomic E-state index is -0.853. The molecule has 0 aromatic rings. The average Bonchev–Trinajstić information content (AvgIpc) is 2.79. The molecule has 0 bridgehead atoms. The molecule has 2 fully saturated rings. The molecule has 5 amide bonds. The Kier molecular flexibility index (Phi) is 6.02. The lowest BCUT2D eigenvalue weighted by Crippen LogP contribution is -2.51. The highest BCUT2D eigenvalue weighted by molar-refractivity contribution is 6.09.